The summed E-state index contributed by atoms with van der Waals surface area (Å²) in [6.07, 6.45) is 1.59. The molecule has 2 N–H and O–H groups in total. The lowest BCUT2D eigenvalue weighted by Gasteiger charge is -2.17. The summed E-state index contributed by atoms with van der Waals surface area (Å²) in [5.74, 6) is 0.0830. The number of benzene rings is 3. The second-order valence-electron chi connectivity index (χ2n) is 8.55. The van der Waals surface area contributed by atoms with E-state index in [0.29, 0.717) is 22.9 Å². The first kappa shape index (κ1) is 23.0. The predicted octanol–water partition coefficient (Wildman–Crippen LogP) is 5.86. The zero-order valence-corrected chi connectivity index (χ0v) is 20.4. The van der Waals surface area contributed by atoms with Crippen molar-refractivity contribution in [2.45, 2.75) is 20.8 Å². The van der Waals surface area contributed by atoms with Gasteiger partial charge in [-0.3, -0.25) is 0 Å². The maximum Gasteiger partial charge on any atom is 0.337 e. The lowest BCUT2D eigenvalue weighted by Crippen LogP contribution is -2.09. The number of carbonyl (C=O) groups is 1. The molecule has 0 saturated heterocycles. The molecule has 180 valence electrons. The van der Waals surface area contributed by atoms with E-state index in [0.717, 1.165) is 39.2 Å². The van der Waals surface area contributed by atoms with Gasteiger partial charge in [-0.25, -0.2) is 19.4 Å². The van der Waals surface area contributed by atoms with Gasteiger partial charge < -0.3 is 15.2 Å². The van der Waals surface area contributed by atoms with Crippen LogP contribution in [0.2, 0.25) is 0 Å². The minimum atomic E-state index is -1.01. The van der Waals surface area contributed by atoms with Crippen LogP contribution in [0.3, 0.4) is 0 Å². The van der Waals surface area contributed by atoms with Crippen LogP contribution in [0.25, 0.3) is 27.8 Å². The molecule has 5 rings (SSSR count). The highest BCUT2D eigenvalue weighted by atomic mass is 16.5. The highest BCUT2D eigenvalue weighted by molar-refractivity contribution is 5.97. The number of ether oxygens (including phenoxy) is 1. The highest BCUT2D eigenvalue weighted by Crippen LogP contribution is 2.38. The number of carboxylic acid groups (broad SMARTS) is 1. The van der Waals surface area contributed by atoms with Gasteiger partial charge in [-0.1, -0.05) is 36.4 Å². The first-order valence-electron chi connectivity index (χ1n) is 11.4. The van der Waals surface area contributed by atoms with Gasteiger partial charge in [-0.15, -0.1) is 0 Å². The van der Waals surface area contributed by atoms with E-state index >= 15 is 0 Å². The third-order valence-corrected chi connectivity index (χ3v) is 6.17. The summed E-state index contributed by atoms with van der Waals surface area (Å²) in [6.45, 7) is 5.84. The van der Waals surface area contributed by atoms with Crippen LogP contribution in [0.5, 0.6) is 5.88 Å². The monoisotopic (exact) mass is 479 g/mol. The number of rotatable bonds is 6. The standard InChI is InChI=1S/C28H25N5O3/c1-16-8-5-6-11-23(16)33-27(31-26-17(2)9-7-10-20(26)28(34)35)25(18(3)32-33)19-12-13-21-22(14-19)30-24(36-4)15-29-21/h5-15,31H,1-4H3,(H,34,35). The van der Waals surface area contributed by atoms with Crippen LogP contribution in [-0.2, 0) is 0 Å². The molecule has 36 heavy (non-hydrogen) atoms. The molecule has 0 aliphatic carbocycles. The number of hydrogen-bond donors (Lipinski definition) is 2. The van der Waals surface area contributed by atoms with Crippen molar-refractivity contribution in [2.75, 3.05) is 12.4 Å². The van der Waals surface area contributed by atoms with Crippen LogP contribution in [0, 0.1) is 20.8 Å². The molecule has 0 bridgehead atoms. The molecule has 0 aliphatic heterocycles. The summed E-state index contributed by atoms with van der Waals surface area (Å²) in [5, 5.41) is 18.2. The van der Waals surface area contributed by atoms with Crippen molar-refractivity contribution < 1.29 is 14.6 Å². The second kappa shape index (κ2) is 9.14. The van der Waals surface area contributed by atoms with Gasteiger partial charge in [0.1, 0.15) is 5.82 Å². The summed E-state index contributed by atoms with van der Waals surface area (Å²) in [5.41, 5.74) is 7.35. The van der Waals surface area contributed by atoms with Gasteiger partial charge in [-0.05, 0) is 61.7 Å². The van der Waals surface area contributed by atoms with E-state index in [4.69, 9.17) is 9.84 Å². The summed E-state index contributed by atoms with van der Waals surface area (Å²) >= 11 is 0. The molecule has 0 amide bonds. The molecule has 3 aromatic carbocycles. The SMILES string of the molecule is COc1cnc2ccc(-c3c(C)nn(-c4ccccc4C)c3Nc3c(C)cccc3C(=O)O)cc2n1. The molecule has 0 atom stereocenters. The van der Waals surface area contributed by atoms with Crippen molar-refractivity contribution >= 4 is 28.5 Å². The fraction of sp³-hybridized carbons (Fsp3) is 0.143. The van der Waals surface area contributed by atoms with E-state index in [1.54, 1.807) is 25.4 Å². The van der Waals surface area contributed by atoms with E-state index in [1.807, 2.05) is 74.0 Å². The van der Waals surface area contributed by atoms with E-state index in [9.17, 15) is 9.90 Å². The molecule has 2 heterocycles. The maximum absolute atomic E-state index is 12.1. The van der Waals surface area contributed by atoms with Crippen molar-refractivity contribution in [2.24, 2.45) is 0 Å². The van der Waals surface area contributed by atoms with Gasteiger partial charge in [0, 0.05) is 5.56 Å². The topological polar surface area (TPSA) is 102 Å². The Morgan fingerprint density at radius 1 is 0.972 bits per heavy atom. The minimum absolute atomic E-state index is 0.185. The fourth-order valence-electron chi connectivity index (χ4n) is 4.34. The van der Waals surface area contributed by atoms with Gasteiger partial charge in [0.2, 0.25) is 5.88 Å². The molecular formula is C28H25N5O3. The lowest BCUT2D eigenvalue weighted by molar-refractivity contribution is 0.0698. The number of aromatic carboxylic acids is 1. The molecule has 8 heteroatoms. The van der Waals surface area contributed by atoms with E-state index in [1.165, 1.54) is 0 Å². The minimum Gasteiger partial charge on any atom is -0.480 e. The predicted molar refractivity (Wildman–Crippen MR) is 140 cm³/mol. The number of anilines is 2. The zero-order chi connectivity index (χ0) is 25.4. The summed E-state index contributed by atoms with van der Waals surface area (Å²) in [6, 6.07) is 19.0. The van der Waals surface area contributed by atoms with Crippen LogP contribution in [0.1, 0.15) is 27.2 Å². The molecule has 0 aliphatic rings. The summed E-state index contributed by atoms with van der Waals surface area (Å²) in [7, 11) is 1.56. The zero-order valence-electron chi connectivity index (χ0n) is 20.4. The second-order valence-corrected chi connectivity index (χ2v) is 8.55. The number of aryl methyl sites for hydroxylation is 3. The van der Waals surface area contributed by atoms with Gasteiger partial charge in [0.25, 0.3) is 0 Å². The Kier molecular flexibility index (Phi) is 5.85. The van der Waals surface area contributed by atoms with E-state index in [-0.39, 0.29) is 5.56 Å². The van der Waals surface area contributed by atoms with Crippen LogP contribution in [-0.4, -0.2) is 37.9 Å². The lowest BCUT2D eigenvalue weighted by atomic mass is 10.0. The average Bonchev–Trinajstić information content (AvgIpc) is 3.19. The molecule has 8 nitrogen and oxygen atoms in total. The molecule has 0 saturated carbocycles. The number of fused-ring (bicyclic) bond motifs is 1. The Bertz CT molecular complexity index is 1620. The highest BCUT2D eigenvalue weighted by Gasteiger charge is 2.22. The van der Waals surface area contributed by atoms with Crippen LogP contribution >= 0.6 is 0 Å². The van der Waals surface area contributed by atoms with Crippen molar-refractivity contribution in [3.8, 4) is 22.7 Å². The maximum atomic E-state index is 12.1. The van der Waals surface area contributed by atoms with Crippen molar-refractivity contribution in [1.29, 1.82) is 0 Å². The normalized spacial score (nSPS) is 11.0. The first-order chi connectivity index (χ1) is 17.4. The van der Waals surface area contributed by atoms with Crippen LogP contribution in [0.15, 0.2) is 66.9 Å². The van der Waals surface area contributed by atoms with Crippen LogP contribution in [0.4, 0.5) is 11.5 Å². The Hall–Kier alpha value is -4.72. The Morgan fingerprint density at radius 3 is 2.50 bits per heavy atom. The smallest absolute Gasteiger partial charge is 0.337 e. The molecule has 0 unspecified atom stereocenters. The molecule has 5 aromatic rings. The number of carboxylic acids is 1. The molecule has 0 radical (unpaired) electrons. The quantitative estimate of drug-likeness (QED) is 0.315. The van der Waals surface area contributed by atoms with Gasteiger partial charge in [0.05, 0.1) is 47.0 Å². The molecular weight excluding hydrogens is 454 g/mol. The summed E-state index contributed by atoms with van der Waals surface area (Å²) < 4.78 is 7.09. The van der Waals surface area contributed by atoms with Crippen molar-refractivity contribution in [3.05, 3.63) is 89.2 Å². The van der Waals surface area contributed by atoms with Gasteiger partial charge >= 0.3 is 5.97 Å². The fourth-order valence-corrected chi connectivity index (χ4v) is 4.34. The third-order valence-electron chi connectivity index (χ3n) is 6.17. The number of hydrogen-bond acceptors (Lipinski definition) is 6. The van der Waals surface area contributed by atoms with Crippen LogP contribution < -0.4 is 10.1 Å². The van der Waals surface area contributed by atoms with Gasteiger partial charge in [0.15, 0.2) is 0 Å². The van der Waals surface area contributed by atoms with Crippen molar-refractivity contribution in [3.63, 3.8) is 0 Å². The molecule has 2 aromatic heterocycles. The number of nitrogens with one attached hydrogen (secondary N) is 1. The average molecular weight is 480 g/mol. The number of methoxy groups -OCH3 is 1. The van der Waals surface area contributed by atoms with E-state index < -0.39 is 5.97 Å². The Labute approximate surface area is 208 Å². The van der Waals surface area contributed by atoms with Gasteiger partial charge in [-0.2, -0.15) is 5.10 Å². The first-order valence-corrected chi connectivity index (χ1v) is 11.4. The largest absolute Gasteiger partial charge is 0.480 e. The number of para-hydroxylation sites is 2. The van der Waals surface area contributed by atoms with E-state index in [2.05, 4.69) is 15.3 Å². The Morgan fingerprint density at radius 2 is 1.75 bits per heavy atom. The third kappa shape index (κ3) is 4.02. The summed E-state index contributed by atoms with van der Waals surface area (Å²) in [4.78, 5) is 21.0. The van der Waals surface area contributed by atoms with Crippen molar-refractivity contribution in [1.82, 2.24) is 19.7 Å². The number of aromatic nitrogens is 4. The Balaban J connectivity index is 1.77. The molecule has 0 fully saturated rings. The number of nitrogens with zero attached hydrogens (tertiary/aromatic N) is 4. The molecule has 0 spiro atoms.